The minimum Gasteiger partial charge on any atom is -0.314 e. The van der Waals surface area contributed by atoms with Crippen molar-refractivity contribution in [1.29, 1.82) is 0 Å². The van der Waals surface area contributed by atoms with Gasteiger partial charge in [0.15, 0.2) is 0 Å². The van der Waals surface area contributed by atoms with Crippen molar-refractivity contribution in [3.8, 4) is 0 Å². The Labute approximate surface area is 102 Å². The van der Waals surface area contributed by atoms with Gasteiger partial charge in [-0.3, -0.25) is 0 Å². The summed E-state index contributed by atoms with van der Waals surface area (Å²) in [5, 5.41) is 3.08. The standard InChI is InChI=1S/C10H13N3.2ClH/c1-8-3-4-13-7-9(6-11-2)12-10(13)5-8;;/h3-5,7,11H,6H2,1-2H3;2*1H. The average Bonchev–Trinajstić information content (AvgIpc) is 2.46. The summed E-state index contributed by atoms with van der Waals surface area (Å²) in [7, 11) is 1.93. The minimum atomic E-state index is 0. The topological polar surface area (TPSA) is 29.3 Å². The molecule has 0 radical (unpaired) electrons. The number of hydrogen-bond donors (Lipinski definition) is 1. The van der Waals surface area contributed by atoms with E-state index in [9.17, 15) is 0 Å². The summed E-state index contributed by atoms with van der Waals surface area (Å²) < 4.78 is 2.04. The SMILES string of the molecule is CNCc1cn2ccc(C)cc2n1.Cl.Cl. The molecule has 0 aromatic carbocycles. The fourth-order valence-corrected chi connectivity index (χ4v) is 1.40. The maximum Gasteiger partial charge on any atom is 0.137 e. The molecular weight excluding hydrogens is 233 g/mol. The summed E-state index contributed by atoms with van der Waals surface area (Å²) in [6.07, 6.45) is 4.09. The van der Waals surface area contributed by atoms with E-state index in [0.717, 1.165) is 17.9 Å². The third kappa shape index (κ3) is 3.09. The summed E-state index contributed by atoms with van der Waals surface area (Å²) >= 11 is 0. The van der Waals surface area contributed by atoms with Crippen molar-refractivity contribution in [3.05, 3.63) is 35.8 Å². The number of nitrogens with one attached hydrogen (secondary N) is 1. The Kier molecular flexibility index (Phi) is 5.65. The van der Waals surface area contributed by atoms with Gasteiger partial charge in [-0.1, -0.05) is 0 Å². The highest BCUT2D eigenvalue weighted by Gasteiger charge is 1.99. The van der Waals surface area contributed by atoms with Crippen molar-refractivity contribution < 1.29 is 0 Å². The molecule has 0 spiro atoms. The molecule has 0 aliphatic heterocycles. The van der Waals surface area contributed by atoms with Gasteiger partial charge in [0, 0.05) is 18.9 Å². The van der Waals surface area contributed by atoms with E-state index in [-0.39, 0.29) is 24.8 Å². The van der Waals surface area contributed by atoms with Crippen molar-refractivity contribution in [2.45, 2.75) is 13.5 Å². The molecule has 0 unspecified atom stereocenters. The molecule has 0 fully saturated rings. The number of pyridine rings is 1. The van der Waals surface area contributed by atoms with E-state index >= 15 is 0 Å². The Hall–Kier alpha value is -0.770. The average molecular weight is 248 g/mol. The fraction of sp³-hybridized carbons (Fsp3) is 0.300. The van der Waals surface area contributed by atoms with Crippen molar-refractivity contribution >= 4 is 30.5 Å². The van der Waals surface area contributed by atoms with E-state index in [1.54, 1.807) is 0 Å². The zero-order chi connectivity index (χ0) is 9.26. The van der Waals surface area contributed by atoms with Crippen LogP contribution in [0, 0.1) is 6.92 Å². The highest BCUT2D eigenvalue weighted by atomic mass is 35.5. The second kappa shape index (κ2) is 5.95. The van der Waals surface area contributed by atoms with Crippen LogP contribution in [0.5, 0.6) is 0 Å². The first-order chi connectivity index (χ1) is 6.29. The van der Waals surface area contributed by atoms with E-state index < -0.39 is 0 Å². The molecule has 2 rings (SSSR count). The Balaban J connectivity index is 0.000000980. The molecule has 15 heavy (non-hydrogen) atoms. The molecule has 2 heterocycles. The second-order valence-corrected chi connectivity index (χ2v) is 3.23. The first-order valence-corrected chi connectivity index (χ1v) is 4.38. The number of rotatable bonds is 2. The van der Waals surface area contributed by atoms with E-state index in [1.807, 2.05) is 23.8 Å². The van der Waals surface area contributed by atoms with Crippen molar-refractivity contribution in [2.24, 2.45) is 0 Å². The second-order valence-electron chi connectivity index (χ2n) is 3.23. The summed E-state index contributed by atoms with van der Waals surface area (Å²) in [5.74, 6) is 0. The molecule has 0 saturated carbocycles. The number of halogens is 2. The summed E-state index contributed by atoms with van der Waals surface area (Å²) in [6, 6.07) is 4.16. The molecule has 0 bridgehead atoms. The molecular formula is C10H15Cl2N3. The number of nitrogens with zero attached hydrogens (tertiary/aromatic N) is 2. The van der Waals surface area contributed by atoms with Crippen LogP contribution in [0.4, 0.5) is 0 Å². The molecule has 84 valence electrons. The lowest BCUT2D eigenvalue weighted by Crippen LogP contribution is -2.04. The monoisotopic (exact) mass is 247 g/mol. The molecule has 0 aliphatic rings. The van der Waals surface area contributed by atoms with Gasteiger partial charge in [-0.2, -0.15) is 0 Å². The molecule has 5 heteroatoms. The number of aryl methyl sites for hydroxylation is 1. The number of fused-ring (bicyclic) bond motifs is 1. The van der Waals surface area contributed by atoms with Gasteiger partial charge in [0.25, 0.3) is 0 Å². The molecule has 1 N–H and O–H groups in total. The van der Waals surface area contributed by atoms with Gasteiger partial charge in [-0.15, -0.1) is 24.8 Å². The lowest BCUT2D eigenvalue weighted by atomic mass is 10.3. The number of aromatic nitrogens is 2. The Morgan fingerprint density at radius 1 is 1.40 bits per heavy atom. The van der Waals surface area contributed by atoms with Crippen molar-refractivity contribution in [2.75, 3.05) is 7.05 Å². The van der Waals surface area contributed by atoms with Crippen LogP contribution in [0.2, 0.25) is 0 Å². The van der Waals surface area contributed by atoms with Crippen LogP contribution >= 0.6 is 24.8 Å². The highest BCUT2D eigenvalue weighted by Crippen LogP contribution is 2.06. The van der Waals surface area contributed by atoms with Crippen LogP contribution in [0.15, 0.2) is 24.5 Å². The molecule has 0 saturated heterocycles. The summed E-state index contributed by atoms with van der Waals surface area (Å²) in [4.78, 5) is 4.46. The predicted octanol–water partition coefficient (Wildman–Crippen LogP) is 2.21. The van der Waals surface area contributed by atoms with Crippen LogP contribution in [0.25, 0.3) is 5.65 Å². The summed E-state index contributed by atoms with van der Waals surface area (Å²) in [5.41, 5.74) is 3.34. The highest BCUT2D eigenvalue weighted by molar-refractivity contribution is 5.85. The zero-order valence-electron chi connectivity index (χ0n) is 8.73. The van der Waals surface area contributed by atoms with Gasteiger partial charge >= 0.3 is 0 Å². The maximum atomic E-state index is 4.46. The van der Waals surface area contributed by atoms with E-state index in [0.29, 0.717) is 0 Å². The van der Waals surface area contributed by atoms with Crippen LogP contribution < -0.4 is 5.32 Å². The van der Waals surface area contributed by atoms with Crippen molar-refractivity contribution in [1.82, 2.24) is 14.7 Å². The normalized spacial score (nSPS) is 9.47. The van der Waals surface area contributed by atoms with Crippen LogP contribution in [-0.2, 0) is 6.54 Å². The lowest BCUT2D eigenvalue weighted by molar-refractivity contribution is 0.798. The first-order valence-electron chi connectivity index (χ1n) is 4.38. The molecule has 2 aromatic rings. The Morgan fingerprint density at radius 2 is 2.13 bits per heavy atom. The molecule has 3 nitrogen and oxygen atoms in total. The van der Waals surface area contributed by atoms with Gasteiger partial charge in [0.1, 0.15) is 5.65 Å². The summed E-state index contributed by atoms with van der Waals surface area (Å²) in [6.45, 7) is 2.90. The third-order valence-corrected chi connectivity index (χ3v) is 2.02. The van der Waals surface area contributed by atoms with Crippen LogP contribution in [0.1, 0.15) is 11.3 Å². The van der Waals surface area contributed by atoms with Gasteiger partial charge in [-0.25, -0.2) is 4.98 Å². The van der Waals surface area contributed by atoms with Crippen molar-refractivity contribution in [3.63, 3.8) is 0 Å². The van der Waals surface area contributed by atoms with E-state index in [4.69, 9.17) is 0 Å². The fourth-order valence-electron chi connectivity index (χ4n) is 1.40. The minimum absolute atomic E-state index is 0. The lowest BCUT2D eigenvalue weighted by Gasteiger charge is -1.92. The van der Waals surface area contributed by atoms with Gasteiger partial charge < -0.3 is 9.72 Å². The van der Waals surface area contributed by atoms with Gasteiger partial charge in [0.05, 0.1) is 5.69 Å². The quantitative estimate of drug-likeness (QED) is 0.882. The number of imidazole rings is 1. The van der Waals surface area contributed by atoms with Crippen LogP contribution in [0.3, 0.4) is 0 Å². The first kappa shape index (κ1) is 14.2. The molecule has 2 aromatic heterocycles. The van der Waals surface area contributed by atoms with Gasteiger partial charge in [-0.05, 0) is 31.7 Å². The number of hydrogen-bond acceptors (Lipinski definition) is 2. The van der Waals surface area contributed by atoms with E-state index in [1.165, 1.54) is 5.56 Å². The Morgan fingerprint density at radius 3 is 2.80 bits per heavy atom. The molecule has 0 aliphatic carbocycles. The zero-order valence-corrected chi connectivity index (χ0v) is 10.4. The molecule has 0 atom stereocenters. The maximum absolute atomic E-state index is 4.46. The van der Waals surface area contributed by atoms with Gasteiger partial charge in [0.2, 0.25) is 0 Å². The van der Waals surface area contributed by atoms with E-state index in [2.05, 4.69) is 29.4 Å². The van der Waals surface area contributed by atoms with Crippen LogP contribution in [-0.4, -0.2) is 16.4 Å². The predicted molar refractivity (Wildman–Crippen MR) is 67.2 cm³/mol. The largest absolute Gasteiger partial charge is 0.314 e. The third-order valence-electron chi connectivity index (χ3n) is 2.02. The Bertz CT molecular complexity index is 426. The molecule has 0 amide bonds. The smallest absolute Gasteiger partial charge is 0.137 e.